The number of halogens is 5. The Morgan fingerprint density at radius 3 is 2.37 bits per heavy atom. The highest BCUT2D eigenvalue weighted by Gasteiger charge is 2.35. The quantitative estimate of drug-likeness (QED) is 0.676. The van der Waals surface area contributed by atoms with Crippen molar-refractivity contribution in [3.05, 3.63) is 58.9 Å². The smallest absolute Gasteiger partial charge is 0.326 e. The van der Waals surface area contributed by atoms with Gasteiger partial charge < -0.3 is 5.32 Å². The summed E-state index contributed by atoms with van der Waals surface area (Å²) in [6.45, 7) is -0.0261. The highest BCUT2D eigenvalue weighted by molar-refractivity contribution is 7.89. The van der Waals surface area contributed by atoms with Crippen LogP contribution in [-0.4, -0.2) is 31.7 Å². The standard InChI is InChI=1S/C19H17ClF4N2O3S/c20-16-11-14(4-5-17(16)21)25-18(27)12-6-8-26(9-7-12)30(28,29)15-3-1-2-13(10-15)19(22,23)24/h1-5,10-12H,6-9H2,(H,25,27). The van der Waals surface area contributed by atoms with Crippen LogP contribution in [0.4, 0.5) is 23.2 Å². The van der Waals surface area contributed by atoms with Crippen LogP contribution in [0.1, 0.15) is 18.4 Å². The Morgan fingerprint density at radius 2 is 1.77 bits per heavy atom. The van der Waals surface area contributed by atoms with Crippen LogP contribution >= 0.6 is 11.6 Å². The molecular formula is C19H17ClF4N2O3S. The van der Waals surface area contributed by atoms with Gasteiger partial charge in [0, 0.05) is 24.7 Å². The van der Waals surface area contributed by atoms with Gasteiger partial charge in [-0.05, 0) is 49.2 Å². The highest BCUT2D eigenvalue weighted by Crippen LogP contribution is 2.32. The lowest BCUT2D eigenvalue weighted by Crippen LogP contribution is -2.41. The number of rotatable bonds is 4. The van der Waals surface area contributed by atoms with Gasteiger partial charge in [0.1, 0.15) is 5.82 Å². The van der Waals surface area contributed by atoms with E-state index in [1.54, 1.807) is 0 Å². The molecule has 162 valence electrons. The molecule has 3 rings (SSSR count). The van der Waals surface area contributed by atoms with Gasteiger partial charge in [0.15, 0.2) is 0 Å². The molecule has 0 unspecified atom stereocenters. The molecule has 2 aromatic carbocycles. The monoisotopic (exact) mass is 464 g/mol. The summed E-state index contributed by atoms with van der Waals surface area (Å²) in [5, 5.41) is 2.46. The summed E-state index contributed by atoms with van der Waals surface area (Å²) in [6.07, 6.45) is -4.27. The third-order valence-corrected chi connectivity index (χ3v) is 7.00. The van der Waals surface area contributed by atoms with Crippen LogP contribution in [0.5, 0.6) is 0 Å². The number of piperidine rings is 1. The normalized spacial score (nSPS) is 16.4. The van der Waals surface area contributed by atoms with Crippen molar-refractivity contribution in [1.82, 2.24) is 4.31 Å². The lowest BCUT2D eigenvalue weighted by atomic mass is 9.97. The molecule has 0 spiro atoms. The van der Waals surface area contributed by atoms with Crippen molar-refractivity contribution in [3.63, 3.8) is 0 Å². The summed E-state index contributed by atoms with van der Waals surface area (Å²) in [7, 11) is -4.12. The van der Waals surface area contributed by atoms with Crippen LogP contribution in [0.2, 0.25) is 5.02 Å². The largest absolute Gasteiger partial charge is 0.416 e. The van der Waals surface area contributed by atoms with Crippen LogP contribution in [-0.2, 0) is 21.0 Å². The van der Waals surface area contributed by atoms with E-state index in [1.807, 2.05) is 0 Å². The van der Waals surface area contributed by atoms with Crippen molar-refractivity contribution in [2.75, 3.05) is 18.4 Å². The molecule has 0 saturated carbocycles. The molecule has 1 heterocycles. The Morgan fingerprint density at radius 1 is 1.10 bits per heavy atom. The fraction of sp³-hybridized carbons (Fsp3) is 0.316. The van der Waals surface area contributed by atoms with Crippen LogP contribution in [0.25, 0.3) is 0 Å². The van der Waals surface area contributed by atoms with Gasteiger partial charge >= 0.3 is 6.18 Å². The summed E-state index contributed by atoms with van der Waals surface area (Å²) in [5.41, 5.74) is -0.735. The number of hydrogen-bond donors (Lipinski definition) is 1. The number of anilines is 1. The van der Waals surface area contributed by atoms with E-state index in [-0.39, 0.29) is 36.9 Å². The average Bonchev–Trinajstić information content (AvgIpc) is 2.70. The number of carbonyl (C=O) groups excluding carboxylic acids is 1. The second kappa shape index (κ2) is 8.52. The molecule has 0 aliphatic carbocycles. The second-order valence-electron chi connectivity index (χ2n) is 6.82. The first kappa shape index (κ1) is 22.5. The molecule has 2 aromatic rings. The molecule has 0 bridgehead atoms. The maximum atomic E-state index is 13.2. The molecule has 0 aromatic heterocycles. The molecule has 1 saturated heterocycles. The molecular weight excluding hydrogens is 448 g/mol. The number of sulfonamides is 1. The zero-order valence-corrected chi connectivity index (χ0v) is 17.0. The Balaban J connectivity index is 1.66. The molecule has 11 heteroatoms. The summed E-state index contributed by atoms with van der Waals surface area (Å²) in [5.74, 6) is -1.49. The van der Waals surface area contributed by atoms with Gasteiger partial charge in [-0.2, -0.15) is 17.5 Å². The van der Waals surface area contributed by atoms with E-state index >= 15 is 0 Å². The molecule has 30 heavy (non-hydrogen) atoms. The Labute approximate surface area is 175 Å². The van der Waals surface area contributed by atoms with Gasteiger partial charge in [-0.1, -0.05) is 17.7 Å². The lowest BCUT2D eigenvalue weighted by Gasteiger charge is -2.30. The predicted molar refractivity (Wildman–Crippen MR) is 103 cm³/mol. The SMILES string of the molecule is O=C(Nc1ccc(F)c(Cl)c1)C1CCN(S(=O)(=O)c2cccc(C(F)(F)F)c2)CC1. The Hall–Kier alpha value is -2.17. The van der Waals surface area contributed by atoms with Crippen molar-refractivity contribution in [1.29, 1.82) is 0 Å². The summed E-state index contributed by atoms with van der Waals surface area (Å²) >= 11 is 5.68. The minimum atomic E-state index is -4.65. The third kappa shape index (κ3) is 4.93. The zero-order valence-electron chi connectivity index (χ0n) is 15.4. The maximum absolute atomic E-state index is 13.2. The molecule has 1 N–H and O–H groups in total. The van der Waals surface area contributed by atoms with Gasteiger partial charge in [-0.15, -0.1) is 0 Å². The van der Waals surface area contributed by atoms with E-state index in [4.69, 9.17) is 11.6 Å². The summed E-state index contributed by atoms with van der Waals surface area (Å²) in [6, 6.07) is 7.30. The predicted octanol–water partition coefficient (Wildman–Crippen LogP) is 4.54. The highest BCUT2D eigenvalue weighted by atomic mass is 35.5. The van der Waals surface area contributed by atoms with Crippen molar-refractivity contribution < 1.29 is 30.8 Å². The summed E-state index contributed by atoms with van der Waals surface area (Å²) < 4.78 is 78.3. The van der Waals surface area contributed by atoms with Crippen molar-refractivity contribution in [2.24, 2.45) is 5.92 Å². The van der Waals surface area contributed by atoms with Crippen molar-refractivity contribution in [3.8, 4) is 0 Å². The number of nitrogens with one attached hydrogen (secondary N) is 1. The fourth-order valence-electron chi connectivity index (χ4n) is 3.16. The zero-order chi connectivity index (χ0) is 22.1. The van der Waals surface area contributed by atoms with E-state index in [0.29, 0.717) is 11.8 Å². The number of carbonyl (C=O) groups is 1. The molecule has 5 nitrogen and oxygen atoms in total. The van der Waals surface area contributed by atoms with E-state index in [1.165, 1.54) is 12.1 Å². The average molecular weight is 465 g/mol. The van der Waals surface area contributed by atoms with Crippen LogP contribution in [0, 0.1) is 11.7 Å². The van der Waals surface area contributed by atoms with Crippen LogP contribution in [0.3, 0.4) is 0 Å². The number of amides is 1. The first-order valence-corrected chi connectivity index (χ1v) is 10.7. The van der Waals surface area contributed by atoms with E-state index in [9.17, 15) is 30.8 Å². The first-order chi connectivity index (χ1) is 14.0. The van der Waals surface area contributed by atoms with Gasteiger partial charge in [-0.3, -0.25) is 4.79 Å². The van der Waals surface area contributed by atoms with Gasteiger partial charge in [0.2, 0.25) is 15.9 Å². The number of alkyl halides is 3. The first-order valence-electron chi connectivity index (χ1n) is 8.92. The molecule has 1 fully saturated rings. The minimum absolute atomic E-state index is 0.0131. The number of nitrogens with zero attached hydrogens (tertiary/aromatic N) is 1. The van der Waals surface area contributed by atoms with Gasteiger partial charge in [0.05, 0.1) is 15.5 Å². The Bertz CT molecular complexity index is 1050. The Kier molecular flexibility index (Phi) is 6.40. The van der Waals surface area contributed by atoms with E-state index in [0.717, 1.165) is 28.6 Å². The molecule has 0 atom stereocenters. The van der Waals surface area contributed by atoms with Crippen LogP contribution in [0.15, 0.2) is 47.4 Å². The second-order valence-corrected chi connectivity index (χ2v) is 9.17. The van der Waals surface area contributed by atoms with Crippen LogP contribution < -0.4 is 5.32 Å². The lowest BCUT2D eigenvalue weighted by molar-refractivity contribution is -0.137. The number of hydrogen-bond acceptors (Lipinski definition) is 3. The van der Waals surface area contributed by atoms with Gasteiger partial charge in [-0.25, -0.2) is 12.8 Å². The van der Waals surface area contributed by atoms with E-state index < -0.39 is 38.4 Å². The third-order valence-electron chi connectivity index (χ3n) is 4.81. The number of benzene rings is 2. The molecule has 1 amide bonds. The minimum Gasteiger partial charge on any atom is -0.326 e. The van der Waals surface area contributed by atoms with Gasteiger partial charge in [0.25, 0.3) is 0 Å². The maximum Gasteiger partial charge on any atom is 0.416 e. The molecule has 1 aliphatic rings. The summed E-state index contributed by atoms with van der Waals surface area (Å²) in [4.78, 5) is 12.0. The fourth-order valence-corrected chi connectivity index (χ4v) is 4.86. The van der Waals surface area contributed by atoms with E-state index in [2.05, 4.69) is 5.32 Å². The van der Waals surface area contributed by atoms with Crippen molar-refractivity contribution in [2.45, 2.75) is 23.9 Å². The topological polar surface area (TPSA) is 66.5 Å². The molecule has 1 aliphatic heterocycles. The van der Waals surface area contributed by atoms with Crippen molar-refractivity contribution >= 4 is 33.2 Å². The molecule has 0 radical (unpaired) electrons.